The minimum absolute atomic E-state index is 0.571. The van der Waals surface area contributed by atoms with E-state index in [2.05, 4.69) is 206 Å². The summed E-state index contributed by atoms with van der Waals surface area (Å²) in [5.74, 6) is 0.712. The standard InChI is InChI=1S/C53H34N2/c1-3-17-35(18-4-1)37-21-15-22-38(33-37)50-34-49(36-19-5-2-6-20-36)54-52(55-50)44-28-16-32-48-51(44)43-27-11-14-31-47(43)53(48)45-29-12-9-25-41(45)39-23-7-8-24-40(39)42-26-10-13-30-46(42)53/h1-34H. The Morgan fingerprint density at radius 2 is 0.691 bits per heavy atom. The van der Waals surface area contributed by atoms with Crippen molar-refractivity contribution in [3.8, 4) is 78.4 Å². The molecule has 11 rings (SSSR count). The Balaban J connectivity index is 1.21. The molecule has 256 valence electrons. The zero-order valence-electron chi connectivity index (χ0n) is 30.0. The maximum absolute atomic E-state index is 5.45. The van der Waals surface area contributed by atoms with E-state index in [1.807, 2.05) is 0 Å². The average Bonchev–Trinajstić information content (AvgIpc) is 3.52. The third-order valence-electron chi connectivity index (χ3n) is 11.5. The molecule has 8 aromatic carbocycles. The maximum Gasteiger partial charge on any atom is 0.161 e. The quantitative estimate of drug-likeness (QED) is 0.183. The van der Waals surface area contributed by atoms with Gasteiger partial charge in [0.25, 0.3) is 0 Å². The third kappa shape index (κ3) is 4.75. The highest BCUT2D eigenvalue weighted by molar-refractivity contribution is 6.00. The molecule has 0 atom stereocenters. The maximum atomic E-state index is 5.45. The third-order valence-corrected chi connectivity index (χ3v) is 11.5. The molecule has 1 heterocycles. The molecular formula is C53H34N2. The molecule has 55 heavy (non-hydrogen) atoms. The minimum Gasteiger partial charge on any atom is -0.228 e. The molecular weight excluding hydrogens is 665 g/mol. The summed E-state index contributed by atoms with van der Waals surface area (Å²) in [5, 5.41) is 0. The topological polar surface area (TPSA) is 25.8 Å². The Kier molecular flexibility index (Phi) is 7.11. The lowest BCUT2D eigenvalue weighted by Gasteiger charge is -2.35. The molecule has 0 fully saturated rings. The molecule has 2 aliphatic carbocycles. The fourth-order valence-corrected chi connectivity index (χ4v) is 9.24. The SMILES string of the molecule is c1ccc(-c2cccc(-c3cc(-c4ccccc4)nc(-c4cccc5c4-c4ccccc4C54c5ccccc5-c5ccccc5-c5ccccc54)n3)c2)cc1. The molecule has 0 saturated carbocycles. The van der Waals surface area contributed by atoms with Crippen LogP contribution in [-0.4, -0.2) is 9.97 Å². The van der Waals surface area contributed by atoms with Crippen LogP contribution in [0.4, 0.5) is 0 Å². The summed E-state index contributed by atoms with van der Waals surface area (Å²) in [6.45, 7) is 0. The molecule has 0 saturated heterocycles. The smallest absolute Gasteiger partial charge is 0.161 e. The van der Waals surface area contributed by atoms with Crippen molar-refractivity contribution in [2.24, 2.45) is 0 Å². The van der Waals surface area contributed by atoms with E-state index in [0.717, 1.165) is 33.6 Å². The molecule has 1 aromatic heterocycles. The number of fused-ring (bicyclic) bond motifs is 12. The lowest BCUT2D eigenvalue weighted by molar-refractivity contribution is 0.775. The van der Waals surface area contributed by atoms with E-state index >= 15 is 0 Å². The van der Waals surface area contributed by atoms with Crippen molar-refractivity contribution < 1.29 is 0 Å². The van der Waals surface area contributed by atoms with E-state index in [1.54, 1.807) is 0 Å². The lowest BCUT2D eigenvalue weighted by atomic mass is 9.66. The molecule has 0 bridgehead atoms. The number of rotatable bonds is 4. The van der Waals surface area contributed by atoms with E-state index < -0.39 is 5.41 Å². The van der Waals surface area contributed by atoms with Crippen LogP contribution in [0.5, 0.6) is 0 Å². The van der Waals surface area contributed by atoms with Crippen LogP contribution < -0.4 is 0 Å². The summed E-state index contributed by atoms with van der Waals surface area (Å²) in [6.07, 6.45) is 0. The van der Waals surface area contributed by atoms with E-state index in [-0.39, 0.29) is 0 Å². The second kappa shape index (κ2) is 12.5. The van der Waals surface area contributed by atoms with Gasteiger partial charge >= 0.3 is 0 Å². The fourth-order valence-electron chi connectivity index (χ4n) is 9.24. The molecule has 0 N–H and O–H groups in total. The average molecular weight is 699 g/mol. The predicted molar refractivity (Wildman–Crippen MR) is 226 cm³/mol. The molecule has 2 aliphatic rings. The van der Waals surface area contributed by atoms with Crippen LogP contribution >= 0.6 is 0 Å². The van der Waals surface area contributed by atoms with Crippen molar-refractivity contribution in [1.29, 1.82) is 0 Å². The first-order valence-corrected chi connectivity index (χ1v) is 18.9. The van der Waals surface area contributed by atoms with E-state index in [1.165, 1.54) is 61.2 Å². The number of nitrogens with zero attached hydrogens (tertiary/aromatic N) is 2. The molecule has 9 aromatic rings. The van der Waals surface area contributed by atoms with Gasteiger partial charge in [-0.15, -0.1) is 0 Å². The second-order valence-corrected chi connectivity index (χ2v) is 14.4. The summed E-state index contributed by atoms with van der Waals surface area (Å²) in [4.78, 5) is 10.8. The highest BCUT2D eigenvalue weighted by Crippen LogP contribution is 2.62. The Bertz CT molecular complexity index is 2860. The highest BCUT2D eigenvalue weighted by atomic mass is 14.9. The Hall–Kier alpha value is -7.16. The number of aromatic nitrogens is 2. The van der Waals surface area contributed by atoms with Gasteiger partial charge in [-0.25, -0.2) is 9.97 Å². The van der Waals surface area contributed by atoms with Crippen LogP contribution in [0.1, 0.15) is 22.3 Å². The van der Waals surface area contributed by atoms with Crippen LogP contribution in [0.25, 0.3) is 78.4 Å². The van der Waals surface area contributed by atoms with Crippen molar-refractivity contribution in [1.82, 2.24) is 9.97 Å². The van der Waals surface area contributed by atoms with E-state index in [9.17, 15) is 0 Å². The summed E-state index contributed by atoms with van der Waals surface area (Å²) >= 11 is 0. The summed E-state index contributed by atoms with van der Waals surface area (Å²) in [7, 11) is 0. The van der Waals surface area contributed by atoms with Gasteiger partial charge in [0, 0.05) is 16.7 Å². The summed E-state index contributed by atoms with van der Waals surface area (Å²) in [5.41, 5.74) is 19.2. The van der Waals surface area contributed by atoms with Crippen LogP contribution in [0.15, 0.2) is 206 Å². The summed E-state index contributed by atoms with van der Waals surface area (Å²) in [6, 6.07) is 74.5. The largest absolute Gasteiger partial charge is 0.228 e. The Morgan fingerprint density at radius 3 is 1.33 bits per heavy atom. The van der Waals surface area contributed by atoms with Crippen molar-refractivity contribution in [2.75, 3.05) is 0 Å². The molecule has 0 radical (unpaired) electrons. The fraction of sp³-hybridized carbons (Fsp3) is 0.0189. The van der Waals surface area contributed by atoms with Gasteiger partial charge in [0.05, 0.1) is 16.8 Å². The van der Waals surface area contributed by atoms with Crippen LogP contribution in [0, 0.1) is 0 Å². The first-order valence-electron chi connectivity index (χ1n) is 18.9. The zero-order chi connectivity index (χ0) is 36.3. The first kappa shape index (κ1) is 31.4. The van der Waals surface area contributed by atoms with Crippen LogP contribution in [0.2, 0.25) is 0 Å². The van der Waals surface area contributed by atoms with E-state index in [4.69, 9.17) is 9.97 Å². The highest BCUT2D eigenvalue weighted by Gasteiger charge is 2.50. The van der Waals surface area contributed by atoms with Gasteiger partial charge in [0.2, 0.25) is 0 Å². The van der Waals surface area contributed by atoms with Crippen LogP contribution in [-0.2, 0) is 5.41 Å². The summed E-state index contributed by atoms with van der Waals surface area (Å²) < 4.78 is 0. The van der Waals surface area contributed by atoms with Gasteiger partial charge in [0.15, 0.2) is 5.82 Å². The second-order valence-electron chi connectivity index (χ2n) is 14.4. The van der Waals surface area contributed by atoms with Gasteiger partial charge < -0.3 is 0 Å². The Morgan fingerprint density at radius 1 is 0.273 bits per heavy atom. The van der Waals surface area contributed by atoms with E-state index in [0.29, 0.717) is 5.82 Å². The van der Waals surface area contributed by atoms with Gasteiger partial charge in [-0.1, -0.05) is 194 Å². The van der Waals surface area contributed by atoms with Crippen molar-refractivity contribution >= 4 is 0 Å². The van der Waals surface area contributed by atoms with Gasteiger partial charge in [-0.3, -0.25) is 0 Å². The van der Waals surface area contributed by atoms with Gasteiger partial charge in [0.1, 0.15) is 0 Å². The van der Waals surface area contributed by atoms with Crippen molar-refractivity contribution in [3.63, 3.8) is 0 Å². The molecule has 2 nitrogen and oxygen atoms in total. The molecule has 1 spiro atoms. The normalized spacial score (nSPS) is 12.9. The minimum atomic E-state index is -0.571. The monoisotopic (exact) mass is 698 g/mol. The molecule has 0 unspecified atom stereocenters. The molecule has 0 aliphatic heterocycles. The first-order chi connectivity index (χ1) is 27.3. The number of hydrogen-bond donors (Lipinski definition) is 0. The Labute approximate surface area is 321 Å². The number of benzene rings is 8. The molecule has 2 heteroatoms. The lowest BCUT2D eigenvalue weighted by Crippen LogP contribution is -2.29. The van der Waals surface area contributed by atoms with Gasteiger partial charge in [-0.05, 0) is 78.9 Å². The molecule has 0 amide bonds. The number of hydrogen-bond acceptors (Lipinski definition) is 2. The zero-order valence-corrected chi connectivity index (χ0v) is 30.0. The predicted octanol–water partition coefficient (Wildman–Crippen LogP) is 13.2. The van der Waals surface area contributed by atoms with Crippen molar-refractivity contribution in [2.45, 2.75) is 5.41 Å². The van der Waals surface area contributed by atoms with Crippen molar-refractivity contribution in [3.05, 3.63) is 229 Å². The van der Waals surface area contributed by atoms with Crippen LogP contribution in [0.3, 0.4) is 0 Å². The van der Waals surface area contributed by atoms with Gasteiger partial charge in [-0.2, -0.15) is 0 Å².